The van der Waals surface area contributed by atoms with Gasteiger partial charge in [0.05, 0.1) is 0 Å². The molecule has 0 heterocycles. The van der Waals surface area contributed by atoms with E-state index in [2.05, 4.69) is 6.92 Å². The Bertz CT molecular complexity index is 144. The first-order valence-electron chi connectivity index (χ1n) is 9.06. The summed E-state index contributed by atoms with van der Waals surface area (Å²) in [7, 11) is 0. The van der Waals surface area contributed by atoms with Crippen LogP contribution < -0.4 is 12.4 Å². The molecule has 0 aromatic heterocycles. The van der Waals surface area contributed by atoms with Crippen LogP contribution in [-0.4, -0.2) is 33.5 Å². The van der Waals surface area contributed by atoms with E-state index in [1.54, 1.807) is 22.5 Å². The number of rotatable bonds is 16. The average molecular weight is 442 g/mol. The molecule has 2 nitrogen and oxygen atoms in total. The fourth-order valence-corrected chi connectivity index (χ4v) is 3.39. The molecule has 0 bridgehead atoms. The Morgan fingerprint density at radius 1 is 0.455 bits per heavy atom. The zero-order chi connectivity index (χ0) is 14.0. The molecule has 0 aliphatic heterocycles. The Kier molecular flexibility index (Phi) is 42.0. The van der Waals surface area contributed by atoms with Gasteiger partial charge < -0.3 is 23.4 Å². The van der Waals surface area contributed by atoms with Crippen LogP contribution in [0.15, 0.2) is 0 Å². The maximum atomic E-state index is 2.30. The Morgan fingerprint density at radius 3 is 0.909 bits per heavy atom. The zero-order valence-electron chi connectivity index (χ0n) is 14.8. The van der Waals surface area contributed by atoms with Crippen LogP contribution in [0.1, 0.15) is 110 Å². The van der Waals surface area contributed by atoms with Gasteiger partial charge in [0.1, 0.15) is 0 Å². The summed E-state index contributed by atoms with van der Waals surface area (Å²) in [4.78, 5) is 0. The molecule has 4 heteroatoms. The summed E-state index contributed by atoms with van der Waals surface area (Å²) in [5.74, 6) is 0. The molecule has 0 saturated heterocycles. The van der Waals surface area contributed by atoms with E-state index in [4.69, 9.17) is 0 Å². The number of hydrogen-bond acceptors (Lipinski definition) is 2. The van der Waals surface area contributed by atoms with Crippen molar-refractivity contribution in [1.29, 1.82) is 0 Å². The largest absolute Gasteiger partial charge is 1.00 e. The number of hydrogen-bond donors (Lipinski definition) is 0. The van der Waals surface area contributed by atoms with E-state index >= 15 is 0 Å². The van der Waals surface area contributed by atoms with Crippen LogP contribution in [0.5, 0.6) is 0 Å². The average Bonchev–Trinajstić information content (AvgIpc) is 2.43. The Labute approximate surface area is 159 Å². The summed E-state index contributed by atoms with van der Waals surface area (Å²) in [5, 5.41) is 0. The van der Waals surface area contributed by atoms with E-state index < -0.39 is 0 Å². The van der Waals surface area contributed by atoms with E-state index in [-0.39, 0.29) is 23.4 Å². The predicted octanol–water partition coefficient (Wildman–Crippen LogP) is 3.49. The number of unbranched alkanes of at least 4 members (excludes halogenated alkanes) is 15. The van der Waals surface area contributed by atoms with Gasteiger partial charge in [0.2, 0.25) is 0 Å². The second kappa shape index (κ2) is 30.0. The molecule has 0 spiro atoms. The fraction of sp³-hybridized carbons (Fsp3) is 1.00. The first-order valence-corrected chi connectivity index (χ1v) is 11.1. The van der Waals surface area contributed by atoms with Crippen molar-refractivity contribution in [3.05, 3.63) is 0 Å². The minimum Gasteiger partial charge on any atom is -1.00 e. The van der Waals surface area contributed by atoms with Crippen molar-refractivity contribution in [3.8, 4) is 0 Å². The van der Waals surface area contributed by atoms with E-state index in [1.807, 2.05) is 0 Å². The van der Waals surface area contributed by atoms with Crippen LogP contribution >= 0.6 is 0 Å². The van der Waals surface area contributed by atoms with Crippen molar-refractivity contribution in [2.24, 2.45) is 0 Å². The van der Waals surface area contributed by atoms with Gasteiger partial charge in [0.25, 0.3) is 0 Å². The van der Waals surface area contributed by atoms with Crippen LogP contribution in [0, 0.1) is 0 Å². The summed E-state index contributed by atoms with van der Waals surface area (Å²) in [6, 6.07) is 0. The van der Waals surface area contributed by atoms with Crippen molar-refractivity contribution in [3.63, 3.8) is 0 Å². The van der Waals surface area contributed by atoms with Crippen LogP contribution in [0.25, 0.3) is 0 Å². The van der Waals surface area contributed by atoms with Crippen LogP contribution in [0.3, 0.4) is 0 Å². The van der Waals surface area contributed by atoms with Gasteiger partial charge in [-0.2, -0.15) is 0 Å². The Morgan fingerprint density at radius 2 is 0.682 bits per heavy atom. The van der Waals surface area contributed by atoms with Gasteiger partial charge in [-0.25, -0.2) is 0 Å². The predicted molar refractivity (Wildman–Crippen MR) is 94.0 cm³/mol. The summed E-state index contributed by atoms with van der Waals surface area (Å²) in [5.41, 5.74) is 0. The summed E-state index contributed by atoms with van der Waals surface area (Å²) in [6.45, 7) is 2.30. The maximum Gasteiger partial charge on any atom is -0.870 e. The second-order valence-corrected chi connectivity index (χ2v) is 7.48. The third kappa shape index (κ3) is 29.1. The maximum absolute atomic E-state index is 2.30. The van der Waals surface area contributed by atoms with Crippen molar-refractivity contribution in [2.45, 2.75) is 114 Å². The van der Waals surface area contributed by atoms with Gasteiger partial charge in [0.15, 0.2) is 0 Å². The molecule has 0 aliphatic rings. The quantitative estimate of drug-likeness (QED) is 0.272. The molecular weight excluding hydrogens is 402 g/mol. The summed E-state index contributed by atoms with van der Waals surface area (Å²) in [6.07, 6.45) is 23.7. The van der Waals surface area contributed by atoms with E-state index in [9.17, 15) is 0 Å². The normalized spacial score (nSPS) is 9.59. The van der Waals surface area contributed by atoms with E-state index in [1.165, 1.54) is 107 Å². The van der Waals surface area contributed by atoms with Gasteiger partial charge in [-0.15, -0.1) is 0 Å². The van der Waals surface area contributed by atoms with Gasteiger partial charge in [-0.05, 0) is 0 Å². The van der Waals surface area contributed by atoms with E-state index in [0.717, 1.165) is 0 Å². The Balaban J connectivity index is -0.000000540. The van der Waals surface area contributed by atoms with Gasteiger partial charge in [0, 0.05) is 0 Å². The van der Waals surface area contributed by atoms with Crippen LogP contribution in [0.4, 0.5) is 0 Å². The minimum absolute atomic E-state index is 0. The molecule has 0 unspecified atom stereocenters. The monoisotopic (exact) mass is 442 g/mol. The first kappa shape index (κ1) is 30.8. The molecule has 0 amide bonds. The molecule has 134 valence electrons. The molecule has 0 aromatic carbocycles. The molecule has 0 saturated carbocycles. The molecule has 2 N–H and O–H groups in total. The summed E-state index contributed by atoms with van der Waals surface area (Å²) >= 11 is 1.72. The molecule has 0 rings (SSSR count). The smallest absolute Gasteiger partial charge is 0.870 e. The molecule has 0 aliphatic carbocycles. The molecular formula is C18H39ClO2Sn. The van der Waals surface area contributed by atoms with Gasteiger partial charge >= 0.3 is 97.6 Å². The number of halogens is 1. The van der Waals surface area contributed by atoms with Crippen molar-refractivity contribution >= 4 is 22.5 Å². The van der Waals surface area contributed by atoms with Crippen LogP contribution in [0.2, 0.25) is 4.44 Å². The summed E-state index contributed by atoms with van der Waals surface area (Å²) < 4.78 is 1.46. The fourth-order valence-electron chi connectivity index (χ4n) is 2.67. The zero-order valence-corrected chi connectivity index (χ0v) is 18.4. The SMILES string of the molecule is CCCCCCCCCCCCCCCCC[CH2][Sn+3].[Cl-].[OH-].[OH-]. The molecule has 0 atom stereocenters. The molecule has 0 radical (unpaired) electrons. The van der Waals surface area contributed by atoms with Gasteiger partial charge in [-0.3, -0.25) is 0 Å². The third-order valence-electron chi connectivity index (χ3n) is 4.03. The van der Waals surface area contributed by atoms with Crippen molar-refractivity contribution in [1.82, 2.24) is 0 Å². The van der Waals surface area contributed by atoms with Crippen molar-refractivity contribution < 1.29 is 23.4 Å². The topological polar surface area (TPSA) is 60.0 Å². The van der Waals surface area contributed by atoms with E-state index in [0.29, 0.717) is 0 Å². The molecule has 0 fully saturated rings. The van der Waals surface area contributed by atoms with Gasteiger partial charge in [-0.1, -0.05) is 39.0 Å². The third-order valence-corrected chi connectivity index (χ3v) is 5.04. The minimum atomic E-state index is 0. The first-order chi connectivity index (χ1) is 9.41. The second-order valence-electron chi connectivity index (χ2n) is 6.05. The van der Waals surface area contributed by atoms with Crippen molar-refractivity contribution in [2.75, 3.05) is 0 Å². The van der Waals surface area contributed by atoms with Crippen LogP contribution in [-0.2, 0) is 0 Å². The standard InChI is InChI=1S/C18H37.ClH.2H2O.Sn/c1-3-5-7-9-11-13-15-17-18-16-14-12-10-8-6-4-2;;;;/h1,3-18H2,2H3;1H;2*1H2;/q;;;;+3/p-3. The molecule has 0 aromatic rings. The molecule has 22 heavy (non-hydrogen) atoms. The Hall–Kier alpha value is 1.01.